The first-order valence-electron chi connectivity index (χ1n) is 9.11. The number of nitrogens with zero attached hydrogens (tertiary/aromatic N) is 2. The number of rotatable bonds is 6. The lowest BCUT2D eigenvalue weighted by Gasteiger charge is -2.34. The number of anilines is 2. The highest BCUT2D eigenvalue weighted by molar-refractivity contribution is 6.05. The van der Waals surface area contributed by atoms with E-state index in [1.54, 1.807) is 61.4 Å². The molecule has 2 aromatic rings. The Morgan fingerprint density at radius 3 is 2.75 bits per heavy atom. The lowest BCUT2D eigenvalue weighted by Crippen LogP contribution is -2.46. The van der Waals surface area contributed by atoms with E-state index < -0.39 is 6.10 Å². The van der Waals surface area contributed by atoms with Crippen molar-refractivity contribution in [2.24, 2.45) is 0 Å². The van der Waals surface area contributed by atoms with E-state index in [-0.39, 0.29) is 11.8 Å². The largest absolute Gasteiger partial charge is 0.497 e. The van der Waals surface area contributed by atoms with Gasteiger partial charge >= 0.3 is 0 Å². The van der Waals surface area contributed by atoms with Gasteiger partial charge in [0.1, 0.15) is 11.5 Å². The first-order chi connectivity index (χ1) is 13.4. The second kappa shape index (κ2) is 8.31. The molecular formula is C21H25N3O4. The number of amides is 2. The van der Waals surface area contributed by atoms with Gasteiger partial charge in [0.25, 0.3) is 11.8 Å². The van der Waals surface area contributed by atoms with E-state index in [4.69, 9.17) is 9.47 Å². The molecule has 0 saturated heterocycles. The Bertz CT molecular complexity index is 882. The molecule has 148 valence electrons. The third kappa shape index (κ3) is 4.26. The van der Waals surface area contributed by atoms with Crippen molar-refractivity contribution in [3.63, 3.8) is 0 Å². The fraction of sp³-hybridized carbons (Fsp3) is 0.333. The van der Waals surface area contributed by atoms with Crippen LogP contribution in [0.15, 0.2) is 42.5 Å². The molecule has 3 rings (SSSR count). The number of methoxy groups -OCH3 is 1. The Labute approximate surface area is 164 Å². The van der Waals surface area contributed by atoms with E-state index in [0.717, 1.165) is 6.54 Å². The fourth-order valence-electron chi connectivity index (χ4n) is 2.99. The van der Waals surface area contributed by atoms with Crippen molar-refractivity contribution < 1.29 is 19.1 Å². The van der Waals surface area contributed by atoms with Crippen LogP contribution in [0.4, 0.5) is 11.4 Å². The number of fused-ring (bicyclic) bond motifs is 1. The minimum atomic E-state index is -0.570. The minimum Gasteiger partial charge on any atom is -0.497 e. The molecule has 1 heterocycles. The number of carbonyl (C=O) groups is 2. The first kappa shape index (κ1) is 19.7. The molecule has 0 spiro atoms. The predicted octanol–water partition coefficient (Wildman–Crippen LogP) is 2.62. The highest BCUT2D eigenvalue weighted by atomic mass is 16.5. The van der Waals surface area contributed by atoms with Crippen LogP contribution in [0.25, 0.3) is 0 Å². The summed E-state index contributed by atoms with van der Waals surface area (Å²) in [4.78, 5) is 28.8. The summed E-state index contributed by atoms with van der Waals surface area (Å²) in [5.41, 5.74) is 1.80. The summed E-state index contributed by atoms with van der Waals surface area (Å²) in [6.45, 7) is 3.05. The van der Waals surface area contributed by atoms with Crippen molar-refractivity contribution in [1.29, 1.82) is 0 Å². The number of hydrogen-bond acceptors (Lipinski definition) is 5. The van der Waals surface area contributed by atoms with E-state index in [1.165, 1.54) is 0 Å². The van der Waals surface area contributed by atoms with Crippen LogP contribution in [-0.2, 0) is 4.79 Å². The Hall–Kier alpha value is -3.06. The number of nitrogens with one attached hydrogen (secondary N) is 1. The van der Waals surface area contributed by atoms with E-state index in [2.05, 4.69) is 5.32 Å². The summed E-state index contributed by atoms with van der Waals surface area (Å²) in [5, 5.41) is 2.86. The molecule has 1 aliphatic rings. The Morgan fingerprint density at radius 2 is 2.04 bits per heavy atom. The van der Waals surface area contributed by atoms with Gasteiger partial charge in [-0.1, -0.05) is 6.07 Å². The monoisotopic (exact) mass is 383 g/mol. The van der Waals surface area contributed by atoms with Crippen LogP contribution in [0.2, 0.25) is 0 Å². The fourth-order valence-corrected chi connectivity index (χ4v) is 2.99. The van der Waals surface area contributed by atoms with Crippen LogP contribution < -0.4 is 19.7 Å². The van der Waals surface area contributed by atoms with Crippen LogP contribution in [0, 0.1) is 0 Å². The van der Waals surface area contributed by atoms with Gasteiger partial charge in [-0.25, -0.2) is 0 Å². The molecule has 2 aromatic carbocycles. The van der Waals surface area contributed by atoms with Crippen molar-refractivity contribution in [3.8, 4) is 11.5 Å². The number of benzene rings is 2. The molecule has 28 heavy (non-hydrogen) atoms. The molecule has 0 radical (unpaired) electrons. The van der Waals surface area contributed by atoms with Gasteiger partial charge in [-0.15, -0.1) is 0 Å². The number of carbonyl (C=O) groups excluding carboxylic acids is 2. The minimum absolute atomic E-state index is 0.0671. The molecule has 0 aliphatic carbocycles. The Kier molecular flexibility index (Phi) is 5.84. The molecule has 1 aliphatic heterocycles. The lowest BCUT2D eigenvalue weighted by atomic mass is 10.1. The Morgan fingerprint density at radius 1 is 1.25 bits per heavy atom. The quantitative estimate of drug-likeness (QED) is 0.830. The summed E-state index contributed by atoms with van der Waals surface area (Å²) in [6.07, 6.45) is -0.570. The van der Waals surface area contributed by atoms with E-state index in [0.29, 0.717) is 35.0 Å². The van der Waals surface area contributed by atoms with Gasteiger partial charge in [0.15, 0.2) is 6.10 Å². The molecule has 1 unspecified atom stereocenters. The van der Waals surface area contributed by atoms with Gasteiger partial charge in [-0.3, -0.25) is 9.59 Å². The average Bonchev–Trinajstić information content (AvgIpc) is 2.68. The number of likely N-dealkylation sites (N-methyl/N-ethyl adjacent to an activating group) is 1. The van der Waals surface area contributed by atoms with Gasteiger partial charge in [-0.2, -0.15) is 0 Å². The molecule has 0 fully saturated rings. The highest BCUT2D eigenvalue weighted by Crippen LogP contribution is 2.36. The number of hydrogen-bond donors (Lipinski definition) is 1. The molecule has 7 heteroatoms. The van der Waals surface area contributed by atoms with Crippen molar-refractivity contribution in [2.75, 3.05) is 44.5 Å². The summed E-state index contributed by atoms with van der Waals surface area (Å²) < 4.78 is 10.9. The SMILES string of the molecule is COc1cccc(C(=O)Nc2ccc3c(c2)OC(C)C(=O)N3CCN(C)C)c1. The zero-order chi connectivity index (χ0) is 20.3. The third-order valence-electron chi connectivity index (χ3n) is 4.53. The van der Waals surface area contributed by atoms with E-state index in [9.17, 15) is 9.59 Å². The average molecular weight is 383 g/mol. The van der Waals surface area contributed by atoms with Gasteiger partial charge in [-0.05, 0) is 51.4 Å². The topological polar surface area (TPSA) is 71.1 Å². The van der Waals surface area contributed by atoms with Crippen molar-refractivity contribution in [2.45, 2.75) is 13.0 Å². The second-order valence-corrected chi connectivity index (χ2v) is 6.92. The van der Waals surface area contributed by atoms with E-state index in [1.807, 2.05) is 19.0 Å². The molecular weight excluding hydrogens is 358 g/mol. The highest BCUT2D eigenvalue weighted by Gasteiger charge is 2.31. The molecule has 7 nitrogen and oxygen atoms in total. The van der Waals surface area contributed by atoms with Gasteiger partial charge in [0, 0.05) is 30.4 Å². The smallest absolute Gasteiger partial charge is 0.267 e. The van der Waals surface area contributed by atoms with Crippen LogP contribution in [-0.4, -0.2) is 57.1 Å². The zero-order valence-corrected chi connectivity index (χ0v) is 16.6. The maximum Gasteiger partial charge on any atom is 0.267 e. The van der Waals surface area contributed by atoms with E-state index >= 15 is 0 Å². The summed E-state index contributed by atoms with van der Waals surface area (Å²) in [6, 6.07) is 12.3. The van der Waals surface area contributed by atoms with Crippen molar-refractivity contribution in [3.05, 3.63) is 48.0 Å². The lowest BCUT2D eigenvalue weighted by molar-refractivity contribution is -0.125. The molecule has 2 amide bonds. The summed E-state index contributed by atoms with van der Waals surface area (Å²) >= 11 is 0. The van der Waals surface area contributed by atoms with Gasteiger partial charge < -0.3 is 24.6 Å². The standard InChI is InChI=1S/C21H25N3O4/c1-14-21(26)24(11-10-23(2)3)18-9-8-16(13-19(18)28-14)22-20(25)15-6-5-7-17(12-15)27-4/h5-9,12-14H,10-11H2,1-4H3,(H,22,25). The van der Waals surface area contributed by atoms with Crippen LogP contribution in [0.3, 0.4) is 0 Å². The predicted molar refractivity (Wildman–Crippen MR) is 108 cm³/mol. The van der Waals surface area contributed by atoms with Crippen LogP contribution >= 0.6 is 0 Å². The summed E-state index contributed by atoms with van der Waals surface area (Å²) in [7, 11) is 5.49. The Balaban J connectivity index is 1.81. The zero-order valence-electron chi connectivity index (χ0n) is 16.6. The van der Waals surface area contributed by atoms with Crippen molar-refractivity contribution in [1.82, 2.24) is 4.90 Å². The third-order valence-corrected chi connectivity index (χ3v) is 4.53. The van der Waals surface area contributed by atoms with Crippen LogP contribution in [0.1, 0.15) is 17.3 Å². The second-order valence-electron chi connectivity index (χ2n) is 6.92. The molecule has 0 saturated carbocycles. The van der Waals surface area contributed by atoms with Crippen LogP contribution in [0.5, 0.6) is 11.5 Å². The van der Waals surface area contributed by atoms with Gasteiger partial charge in [0.05, 0.1) is 12.8 Å². The molecule has 0 bridgehead atoms. The molecule has 0 aromatic heterocycles. The maximum atomic E-state index is 12.5. The normalized spacial score (nSPS) is 15.8. The maximum absolute atomic E-state index is 12.5. The number of ether oxygens (including phenoxy) is 2. The van der Waals surface area contributed by atoms with Gasteiger partial charge in [0.2, 0.25) is 0 Å². The molecule has 1 N–H and O–H groups in total. The first-order valence-corrected chi connectivity index (χ1v) is 9.11. The summed E-state index contributed by atoms with van der Waals surface area (Å²) in [5.74, 6) is 0.880. The molecule has 1 atom stereocenters. The van der Waals surface area contributed by atoms with Crippen molar-refractivity contribution >= 4 is 23.2 Å².